The van der Waals surface area contributed by atoms with Gasteiger partial charge in [0.2, 0.25) is 12.7 Å². The molecule has 1 aliphatic rings. The van der Waals surface area contributed by atoms with Crippen LogP contribution in [0.3, 0.4) is 0 Å². The van der Waals surface area contributed by atoms with E-state index in [1.54, 1.807) is 24.4 Å². The first kappa shape index (κ1) is 18.0. The van der Waals surface area contributed by atoms with E-state index in [2.05, 4.69) is 33.0 Å². The van der Waals surface area contributed by atoms with E-state index < -0.39 is 0 Å². The molecular weight excluding hydrogens is 400 g/mol. The molecular formula is C19H17BrN2O4. The fraction of sp³-hybridized carbons (Fsp3) is 0.158. The van der Waals surface area contributed by atoms with Crippen LogP contribution in [0, 0.1) is 0 Å². The first-order chi connectivity index (χ1) is 12.7. The summed E-state index contributed by atoms with van der Waals surface area (Å²) in [5.74, 6) is 1.76. The minimum Gasteiger partial charge on any atom is -0.489 e. The fourth-order valence-electron chi connectivity index (χ4n) is 2.35. The van der Waals surface area contributed by atoms with Crippen LogP contribution in [0.15, 0.2) is 58.6 Å². The molecule has 0 aliphatic carbocycles. The van der Waals surface area contributed by atoms with Crippen molar-refractivity contribution in [3.05, 3.63) is 64.7 Å². The molecule has 2 aromatic rings. The molecule has 6 nitrogen and oxygen atoms in total. The molecule has 1 aliphatic heterocycles. The van der Waals surface area contributed by atoms with Gasteiger partial charge in [-0.15, -0.1) is 0 Å². The number of nitrogens with one attached hydrogen (secondary N) is 1. The highest BCUT2D eigenvalue weighted by Crippen LogP contribution is 2.32. The Morgan fingerprint density at radius 1 is 1.27 bits per heavy atom. The van der Waals surface area contributed by atoms with Crippen LogP contribution in [0.2, 0.25) is 0 Å². The Morgan fingerprint density at radius 3 is 2.96 bits per heavy atom. The van der Waals surface area contributed by atoms with Crippen molar-refractivity contribution in [3.8, 4) is 17.2 Å². The molecule has 0 bridgehead atoms. The third kappa shape index (κ3) is 4.64. The lowest BCUT2D eigenvalue weighted by Crippen LogP contribution is -2.19. The first-order valence-electron chi connectivity index (χ1n) is 7.89. The van der Waals surface area contributed by atoms with E-state index in [1.165, 1.54) is 0 Å². The fourth-order valence-corrected chi connectivity index (χ4v) is 2.73. The van der Waals surface area contributed by atoms with E-state index in [4.69, 9.17) is 14.2 Å². The zero-order chi connectivity index (χ0) is 18.4. The highest BCUT2D eigenvalue weighted by atomic mass is 79.9. The van der Waals surface area contributed by atoms with Crippen LogP contribution < -0.4 is 19.6 Å². The van der Waals surface area contributed by atoms with Crippen LogP contribution in [-0.2, 0) is 11.2 Å². The molecule has 7 heteroatoms. The highest BCUT2D eigenvalue weighted by Gasteiger charge is 2.14. The van der Waals surface area contributed by atoms with Gasteiger partial charge in [-0.05, 0) is 35.9 Å². The van der Waals surface area contributed by atoms with E-state index in [0.29, 0.717) is 23.9 Å². The standard InChI is InChI=1S/C19H17BrN2O4/c1-2-7-24-16-6-4-15(20)10-14(16)11-21-22-19(23)9-13-3-5-17-18(8-13)26-12-25-17/h2-6,8,10-11H,1,7,9,12H2,(H,22,23)/b21-11+. The van der Waals surface area contributed by atoms with Gasteiger partial charge >= 0.3 is 0 Å². The molecule has 0 unspecified atom stereocenters. The lowest BCUT2D eigenvalue weighted by Gasteiger charge is -2.07. The Kier molecular flexibility index (Phi) is 5.91. The third-order valence-corrected chi connectivity index (χ3v) is 4.02. The van der Waals surface area contributed by atoms with E-state index in [9.17, 15) is 4.79 Å². The number of fused-ring (bicyclic) bond motifs is 1. The second-order valence-electron chi connectivity index (χ2n) is 5.44. The molecule has 0 aromatic heterocycles. The SMILES string of the molecule is C=CCOc1ccc(Br)cc1/C=N/NC(=O)Cc1ccc2c(c1)OCO2. The summed E-state index contributed by atoms with van der Waals surface area (Å²) in [4.78, 5) is 12.1. The summed E-state index contributed by atoms with van der Waals surface area (Å²) in [6.45, 7) is 4.22. The monoisotopic (exact) mass is 416 g/mol. The first-order valence-corrected chi connectivity index (χ1v) is 8.68. The molecule has 0 saturated carbocycles. The maximum absolute atomic E-state index is 12.1. The van der Waals surface area contributed by atoms with Gasteiger partial charge in [-0.25, -0.2) is 5.43 Å². The van der Waals surface area contributed by atoms with Gasteiger partial charge in [-0.1, -0.05) is 34.7 Å². The van der Waals surface area contributed by atoms with Crippen molar-refractivity contribution < 1.29 is 19.0 Å². The summed E-state index contributed by atoms with van der Waals surface area (Å²) in [6.07, 6.45) is 3.39. The van der Waals surface area contributed by atoms with Crippen LogP contribution in [0.1, 0.15) is 11.1 Å². The van der Waals surface area contributed by atoms with E-state index >= 15 is 0 Å². The maximum atomic E-state index is 12.1. The normalized spacial score (nSPS) is 12.2. The van der Waals surface area contributed by atoms with Crippen LogP contribution in [0.4, 0.5) is 0 Å². The minimum absolute atomic E-state index is 0.187. The lowest BCUT2D eigenvalue weighted by atomic mass is 10.1. The topological polar surface area (TPSA) is 69.2 Å². The molecule has 1 heterocycles. The van der Waals surface area contributed by atoms with Gasteiger partial charge in [0.15, 0.2) is 11.5 Å². The Labute approximate surface area is 159 Å². The second-order valence-corrected chi connectivity index (χ2v) is 6.36. The number of hydrogen-bond donors (Lipinski definition) is 1. The number of halogens is 1. The molecule has 0 saturated heterocycles. The maximum Gasteiger partial charge on any atom is 0.244 e. The van der Waals surface area contributed by atoms with Crippen molar-refractivity contribution in [3.63, 3.8) is 0 Å². The average molecular weight is 417 g/mol. The molecule has 2 aromatic carbocycles. The van der Waals surface area contributed by atoms with Gasteiger partial charge in [-0.3, -0.25) is 4.79 Å². The summed E-state index contributed by atoms with van der Waals surface area (Å²) in [7, 11) is 0. The largest absolute Gasteiger partial charge is 0.489 e. The van der Waals surface area contributed by atoms with Crippen molar-refractivity contribution in [2.45, 2.75) is 6.42 Å². The Balaban J connectivity index is 1.60. The van der Waals surface area contributed by atoms with Gasteiger partial charge in [0.25, 0.3) is 0 Å². The summed E-state index contributed by atoms with van der Waals surface area (Å²) in [6, 6.07) is 11.0. The molecule has 134 valence electrons. The van der Waals surface area contributed by atoms with E-state index in [-0.39, 0.29) is 19.1 Å². The predicted octanol–water partition coefficient (Wildman–Crippen LogP) is 3.44. The summed E-state index contributed by atoms with van der Waals surface area (Å²) >= 11 is 3.41. The van der Waals surface area contributed by atoms with Crippen LogP contribution >= 0.6 is 15.9 Å². The van der Waals surface area contributed by atoms with Gasteiger partial charge in [-0.2, -0.15) is 5.10 Å². The van der Waals surface area contributed by atoms with Gasteiger partial charge in [0.05, 0.1) is 12.6 Å². The number of carbonyl (C=O) groups excluding carboxylic acids is 1. The van der Waals surface area contributed by atoms with Crippen molar-refractivity contribution in [2.24, 2.45) is 5.10 Å². The highest BCUT2D eigenvalue weighted by molar-refractivity contribution is 9.10. The number of nitrogens with zero attached hydrogens (tertiary/aromatic N) is 1. The lowest BCUT2D eigenvalue weighted by molar-refractivity contribution is -0.120. The Morgan fingerprint density at radius 2 is 2.12 bits per heavy atom. The molecule has 3 rings (SSSR count). The van der Waals surface area contributed by atoms with Crippen molar-refractivity contribution >= 4 is 28.1 Å². The molecule has 26 heavy (non-hydrogen) atoms. The van der Waals surface area contributed by atoms with Gasteiger partial charge in [0.1, 0.15) is 12.4 Å². The zero-order valence-electron chi connectivity index (χ0n) is 13.9. The molecule has 1 N–H and O–H groups in total. The van der Waals surface area contributed by atoms with Gasteiger partial charge < -0.3 is 14.2 Å². The number of benzene rings is 2. The number of carbonyl (C=O) groups is 1. The zero-order valence-corrected chi connectivity index (χ0v) is 15.5. The second kappa shape index (κ2) is 8.53. The van der Waals surface area contributed by atoms with Crippen molar-refractivity contribution in [2.75, 3.05) is 13.4 Å². The van der Waals surface area contributed by atoms with E-state index in [0.717, 1.165) is 15.6 Å². The third-order valence-electron chi connectivity index (χ3n) is 3.52. The van der Waals surface area contributed by atoms with E-state index in [1.807, 2.05) is 24.3 Å². The Hall–Kier alpha value is -2.80. The molecule has 0 radical (unpaired) electrons. The summed E-state index contributed by atoms with van der Waals surface area (Å²) in [5, 5.41) is 4.01. The number of ether oxygens (including phenoxy) is 3. The molecule has 0 fully saturated rings. The number of hydrazone groups is 1. The number of amides is 1. The molecule has 1 amide bonds. The predicted molar refractivity (Wildman–Crippen MR) is 102 cm³/mol. The quantitative estimate of drug-likeness (QED) is 0.426. The van der Waals surface area contributed by atoms with Crippen LogP contribution in [-0.4, -0.2) is 25.5 Å². The molecule has 0 atom stereocenters. The van der Waals surface area contributed by atoms with Crippen molar-refractivity contribution in [1.29, 1.82) is 0 Å². The van der Waals surface area contributed by atoms with Crippen molar-refractivity contribution in [1.82, 2.24) is 5.43 Å². The number of rotatable bonds is 7. The smallest absolute Gasteiger partial charge is 0.244 e. The number of hydrogen-bond acceptors (Lipinski definition) is 5. The van der Waals surface area contributed by atoms with Gasteiger partial charge in [0, 0.05) is 10.0 Å². The summed E-state index contributed by atoms with van der Waals surface area (Å²) < 4.78 is 17.0. The summed E-state index contributed by atoms with van der Waals surface area (Å²) in [5.41, 5.74) is 4.08. The average Bonchev–Trinajstić information content (AvgIpc) is 3.09. The minimum atomic E-state index is -0.233. The Bertz CT molecular complexity index is 851. The van der Waals surface area contributed by atoms with Crippen LogP contribution in [0.25, 0.3) is 0 Å². The molecule has 0 spiro atoms. The van der Waals surface area contributed by atoms with Crippen LogP contribution in [0.5, 0.6) is 17.2 Å².